The summed E-state index contributed by atoms with van der Waals surface area (Å²) in [5, 5.41) is 3.78. The molecule has 0 saturated heterocycles. The molecule has 0 fully saturated rings. The average Bonchev–Trinajstić information content (AvgIpc) is 2.65. The zero-order valence-electron chi connectivity index (χ0n) is 18.0. The van der Waals surface area contributed by atoms with Crippen molar-refractivity contribution in [1.82, 2.24) is 14.9 Å². The van der Waals surface area contributed by atoms with Gasteiger partial charge in [-0.25, -0.2) is 0 Å². The van der Waals surface area contributed by atoms with Gasteiger partial charge in [-0.2, -0.15) is 0 Å². The summed E-state index contributed by atoms with van der Waals surface area (Å²) in [7, 11) is 4.18. The van der Waals surface area contributed by atoms with Crippen molar-refractivity contribution in [3.05, 3.63) is 72.2 Å². The highest BCUT2D eigenvalue weighted by Crippen LogP contribution is 2.09. The van der Waals surface area contributed by atoms with E-state index in [-0.39, 0.29) is 0 Å². The van der Waals surface area contributed by atoms with Gasteiger partial charge in [0.15, 0.2) is 0 Å². The van der Waals surface area contributed by atoms with Crippen LogP contribution < -0.4 is 10.0 Å². The Morgan fingerprint density at radius 2 is 1.93 bits per heavy atom. The molecular formula is C23H39N3S. The molecule has 0 heterocycles. The smallest absolute Gasteiger partial charge is 0.0348 e. The Kier molecular flexibility index (Phi) is 16.9. The van der Waals surface area contributed by atoms with Crippen molar-refractivity contribution >= 4 is 11.9 Å². The van der Waals surface area contributed by atoms with Gasteiger partial charge in [-0.1, -0.05) is 67.5 Å². The third-order valence-corrected chi connectivity index (χ3v) is 4.48. The first-order valence-electron chi connectivity index (χ1n) is 9.81. The Hall–Kier alpha value is -1.49. The fourth-order valence-corrected chi connectivity index (χ4v) is 2.63. The van der Waals surface area contributed by atoms with Crippen molar-refractivity contribution in [2.75, 3.05) is 27.2 Å². The number of rotatable bonds is 14. The number of nitrogens with zero attached hydrogens (tertiary/aromatic N) is 1. The molecule has 0 aliphatic carbocycles. The predicted molar refractivity (Wildman–Crippen MR) is 126 cm³/mol. The predicted octanol–water partition coefficient (Wildman–Crippen LogP) is 5.60. The minimum atomic E-state index is 0.419. The second-order valence-corrected chi connectivity index (χ2v) is 7.72. The molecule has 1 atom stereocenters. The van der Waals surface area contributed by atoms with Gasteiger partial charge >= 0.3 is 0 Å². The fourth-order valence-electron chi connectivity index (χ4n) is 2.00. The summed E-state index contributed by atoms with van der Waals surface area (Å²) in [6.07, 6.45) is 23.3. The molecule has 0 aromatic carbocycles. The summed E-state index contributed by atoms with van der Waals surface area (Å²) in [4.78, 5) is 2.18. The second-order valence-electron chi connectivity index (χ2n) is 6.45. The van der Waals surface area contributed by atoms with E-state index in [1.54, 1.807) is 11.9 Å². The Labute approximate surface area is 172 Å². The Balaban J connectivity index is 4.38. The standard InChI is InChI=1S/C23H39N3S/c1-7-10-13-22(14-11-8-2)15-12-18-24-23(9-3)17-16-21(4)27-25-19-20-26(5)6/h7,9-14,16-18,21,24-25H,8,15,19-20H2,1-6H3/b10-7-,14-11-,17-16-,18-12+,22-13+,23-9+. The average molecular weight is 390 g/mol. The minimum Gasteiger partial charge on any atom is -0.362 e. The zero-order valence-corrected chi connectivity index (χ0v) is 18.9. The van der Waals surface area contributed by atoms with Gasteiger partial charge in [0, 0.05) is 24.0 Å². The first-order valence-corrected chi connectivity index (χ1v) is 10.7. The number of nitrogens with one attached hydrogen (secondary N) is 2. The lowest BCUT2D eigenvalue weighted by Gasteiger charge is -2.11. The second kappa shape index (κ2) is 17.9. The van der Waals surface area contributed by atoms with E-state index < -0.39 is 0 Å². The Morgan fingerprint density at radius 3 is 2.56 bits per heavy atom. The van der Waals surface area contributed by atoms with Crippen LogP contribution in [0.25, 0.3) is 0 Å². The Morgan fingerprint density at radius 1 is 1.15 bits per heavy atom. The lowest BCUT2D eigenvalue weighted by molar-refractivity contribution is 0.415. The molecule has 0 aromatic heterocycles. The van der Waals surface area contributed by atoms with E-state index in [9.17, 15) is 0 Å². The van der Waals surface area contributed by atoms with Gasteiger partial charge in [0.25, 0.3) is 0 Å². The molecule has 0 aliphatic heterocycles. The molecule has 0 saturated carbocycles. The maximum absolute atomic E-state index is 3.41. The molecule has 0 spiro atoms. The van der Waals surface area contributed by atoms with Crippen LogP contribution >= 0.6 is 11.9 Å². The highest BCUT2D eigenvalue weighted by atomic mass is 32.2. The first-order chi connectivity index (χ1) is 13.0. The third-order valence-electron chi connectivity index (χ3n) is 3.58. The van der Waals surface area contributed by atoms with Crippen molar-refractivity contribution in [3.8, 4) is 0 Å². The van der Waals surface area contributed by atoms with Crippen LogP contribution in [0.5, 0.6) is 0 Å². The fraction of sp³-hybridized carbons (Fsp3) is 0.478. The van der Waals surface area contributed by atoms with Crippen LogP contribution in [0.3, 0.4) is 0 Å². The molecule has 0 aliphatic rings. The van der Waals surface area contributed by atoms with Gasteiger partial charge in [-0.15, -0.1) is 0 Å². The number of hydrogen-bond donors (Lipinski definition) is 2. The zero-order chi connectivity index (χ0) is 20.3. The summed E-state index contributed by atoms with van der Waals surface area (Å²) in [5.41, 5.74) is 2.41. The van der Waals surface area contributed by atoms with Crippen LogP contribution in [0.15, 0.2) is 72.2 Å². The lowest BCUT2D eigenvalue weighted by Crippen LogP contribution is -2.23. The van der Waals surface area contributed by atoms with Crippen LogP contribution in [0.2, 0.25) is 0 Å². The topological polar surface area (TPSA) is 27.3 Å². The van der Waals surface area contributed by atoms with Crippen LogP contribution in [-0.4, -0.2) is 37.3 Å². The minimum absolute atomic E-state index is 0.419. The normalized spacial score (nSPS) is 15.2. The van der Waals surface area contributed by atoms with E-state index >= 15 is 0 Å². The summed E-state index contributed by atoms with van der Waals surface area (Å²) in [5.74, 6) is 0. The van der Waals surface area contributed by atoms with Gasteiger partial charge < -0.3 is 10.2 Å². The summed E-state index contributed by atoms with van der Waals surface area (Å²) in [6, 6.07) is 0. The van der Waals surface area contributed by atoms with Crippen molar-refractivity contribution < 1.29 is 0 Å². The molecular weight excluding hydrogens is 350 g/mol. The lowest BCUT2D eigenvalue weighted by atomic mass is 10.1. The van der Waals surface area contributed by atoms with E-state index in [1.807, 2.05) is 13.1 Å². The maximum Gasteiger partial charge on any atom is 0.0348 e. The van der Waals surface area contributed by atoms with Gasteiger partial charge in [-0.05, 0) is 65.6 Å². The van der Waals surface area contributed by atoms with Crippen LogP contribution in [0, 0.1) is 0 Å². The van der Waals surface area contributed by atoms with E-state index in [0.29, 0.717) is 5.25 Å². The van der Waals surface area contributed by atoms with Crippen molar-refractivity contribution in [1.29, 1.82) is 0 Å². The van der Waals surface area contributed by atoms with Gasteiger partial charge in [0.05, 0.1) is 0 Å². The monoisotopic (exact) mass is 389 g/mol. The van der Waals surface area contributed by atoms with E-state index in [1.165, 1.54) is 5.57 Å². The van der Waals surface area contributed by atoms with Crippen LogP contribution in [0.4, 0.5) is 0 Å². The van der Waals surface area contributed by atoms with Crippen LogP contribution in [0.1, 0.15) is 40.5 Å². The highest BCUT2D eigenvalue weighted by molar-refractivity contribution is 7.98. The van der Waals surface area contributed by atoms with E-state index in [2.05, 4.69) is 104 Å². The van der Waals surface area contributed by atoms with Gasteiger partial charge in [-0.3, -0.25) is 4.72 Å². The summed E-state index contributed by atoms with van der Waals surface area (Å²) in [6.45, 7) is 10.5. The van der Waals surface area contributed by atoms with Crippen LogP contribution in [-0.2, 0) is 0 Å². The molecule has 1 unspecified atom stereocenters. The summed E-state index contributed by atoms with van der Waals surface area (Å²) >= 11 is 1.76. The molecule has 0 rings (SSSR count). The first kappa shape index (κ1) is 25.5. The van der Waals surface area contributed by atoms with Gasteiger partial charge in [0.2, 0.25) is 0 Å². The van der Waals surface area contributed by atoms with E-state index in [0.717, 1.165) is 31.6 Å². The molecule has 0 aromatic rings. The molecule has 2 N–H and O–H groups in total. The SMILES string of the molecule is C\C=C/C=C(\C=C/CC)C/C=C/NC(/C=C\C(C)SNCCN(C)C)=C/C. The largest absolute Gasteiger partial charge is 0.362 e. The number of likely N-dealkylation sites (N-methyl/N-ethyl adjacent to an activating group) is 1. The quantitative estimate of drug-likeness (QED) is 0.230. The molecule has 0 bridgehead atoms. The van der Waals surface area contributed by atoms with Crippen molar-refractivity contribution in [2.45, 2.75) is 45.8 Å². The maximum atomic E-state index is 3.41. The molecule has 27 heavy (non-hydrogen) atoms. The molecule has 152 valence electrons. The van der Waals surface area contributed by atoms with E-state index in [4.69, 9.17) is 0 Å². The molecule has 3 nitrogen and oxygen atoms in total. The molecule has 4 heteroatoms. The van der Waals surface area contributed by atoms with Crippen molar-refractivity contribution in [3.63, 3.8) is 0 Å². The third kappa shape index (κ3) is 16.4. The number of allylic oxidation sites excluding steroid dienone is 9. The highest BCUT2D eigenvalue weighted by Gasteiger charge is 1.98. The van der Waals surface area contributed by atoms with Gasteiger partial charge in [0.1, 0.15) is 0 Å². The van der Waals surface area contributed by atoms with Crippen molar-refractivity contribution in [2.24, 2.45) is 0 Å². The Bertz CT molecular complexity index is 540. The molecule has 0 amide bonds. The number of hydrogen-bond acceptors (Lipinski definition) is 4. The summed E-state index contributed by atoms with van der Waals surface area (Å²) < 4.78 is 3.41. The molecule has 0 radical (unpaired) electrons.